The van der Waals surface area contributed by atoms with Crippen molar-refractivity contribution in [2.75, 3.05) is 16.9 Å². The van der Waals surface area contributed by atoms with Gasteiger partial charge in [-0.25, -0.2) is 9.97 Å². The molecule has 0 unspecified atom stereocenters. The van der Waals surface area contributed by atoms with Crippen molar-refractivity contribution >= 4 is 45.8 Å². The van der Waals surface area contributed by atoms with Crippen LogP contribution in [0.1, 0.15) is 10.4 Å². The molecule has 5 aromatic rings. The highest BCUT2D eigenvalue weighted by Crippen LogP contribution is 2.27. The van der Waals surface area contributed by atoms with Crippen LogP contribution in [0.5, 0.6) is 0 Å². The molecule has 0 bridgehead atoms. The molecule has 166 valence electrons. The van der Waals surface area contributed by atoms with Gasteiger partial charge in [0.1, 0.15) is 5.82 Å². The van der Waals surface area contributed by atoms with Crippen molar-refractivity contribution in [3.63, 3.8) is 0 Å². The monoisotopic (exact) mass is 464 g/mol. The first-order valence-corrected chi connectivity index (χ1v) is 11.8. The maximum atomic E-state index is 13.1. The summed E-state index contributed by atoms with van der Waals surface area (Å²) in [6.45, 7) is 0. The summed E-state index contributed by atoms with van der Waals surface area (Å²) in [5.41, 5.74) is 4.72. The third kappa shape index (κ3) is 4.72. The van der Waals surface area contributed by atoms with Crippen LogP contribution in [0.2, 0.25) is 0 Å². The van der Waals surface area contributed by atoms with Gasteiger partial charge in [-0.2, -0.15) is 0 Å². The van der Waals surface area contributed by atoms with Crippen LogP contribution in [-0.4, -0.2) is 32.1 Å². The van der Waals surface area contributed by atoms with Gasteiger partial charge in [0, 0.05) is 35.1 Å². The molecule has 7 nitrogen and oxygen atoms in total. The van der Waals surface area contributed by atoms with E-state index in [1.807, 2.05) is 66.9 Å². The number of amides is 1. The molecule has 3 aromatic heterocycles. The van der Waals surface area contributed by atoms with Gasteiger partial charge in [0.2, 0.25) is 0 Å². The lowest BCUT2D eigenvalue weighted by Crippen LogP contribution is -2.14. The molecule has 8 heteroatoms. The number of benzene rings is 2. The second-order valence-electron chi connectivity index (χ2n) is 7.40. The number of carbonyl (C=O) groups is 1. The van der Waals surface area contributed by atoms with E-state index < -0.39 is 0 Å². The molecule has 0 fully saturated rings. The summed E-state index contributed by atoms with van der Waals surface area (Å²) in [5.74, 6) is 0.188. The van der Waals surface area contributed by atoms with Crippen molar-refractivity contribution in [1.29, 1.82) is 0 Å². The number of pyridine rings is 2. The van der Waals surface area contributed by atoms with Crippen molar-refractivity contribution in [3.8, 4) is 11.3 Å². The number of anilines is 3. The molecule has 5 rings (SSSR count). The summed E-state index contributed by atoms with van der Waals surface area (Å²) in [7, 11) is 0. The second kappa shape index (κ2) is 9.68. The van der Waals surface area contributed by atoms with Gasteiger partial charge < -0.3 is 10.6 Å². The van der Waals surface area contributed by atoms with E-state index in [0.717, 1.165) is 27.8 Å². The van der Waals surface area contributed by atoms with Crippen LogP contribution in [0.25, 0.3) is 22.2 Å². The lowest BCUT2D eigenvalue weighted by molar-refractivity contribution is 0.102. The van der Waals surface area contributed by atoms with Crippen LogP contribution in [-0.2, 0) is 0 Å². The third-order valence-electron chi connectivity index (χ3n) is 5.13. The minimum absolute atomic E-state index is 0.248. The molecule has 1 amide bonds. The zero-order valence-electron chi connectivity index (χ0n) is 18.3. The van der Waals surface area contributed by atoms with Gasteiger partial charge in [-0.1, -0.05) is 42.1 Å². The predicted octanol–water partition coefficient (Wildman–Crippen LogP) is 5.80. The van der Waals surface area contributed by atoms with Gasteiger partial charge in [-0.15, -0.1) is 0 Å². The average Bonchev–Trinajstić information content (AvgIpc) is 2.89. The van der Waals surface area contributed by atoms with E-state index in [1.54, 1.807) is 30.7 Å². The van der Waals surface area contributed by atoms with Gasteiger partial charge >= 0.3 is 0 Å². The minimum atomic E-state index is -0.248. The number of thioether (sulfide) groups is 1. The zero-order chi connectivity index (χ0) is 23.3. The first kappa shape index (κ1) is 21.5. The highest BCUT2D eigenvalue weighted by atomic mass is 32.2. The van der Waals surface area contributed by atoms with Crippen molar-refractivity contribution in [1.82, 2.24) is 19.9 Å². The fraction of sp³-hybridized carbons (Fsp3) is 0.0385. The van der Waals surface area contributed by atoms with Gasteiger partial charge in [0.15, 0.2) is 5.16 Å². The largest absolute Gasteiger partial charge is 0.354 e. The zero-order valence-corrected chi connectivity index (χ0v) is 19.1. The van der Waals surface area contributed by atoms with E-state index >= 15 is 0 Å². The quantitative estimate of drug-likeness (QED) is 0.242. The van der Waals surface area contributed by atoms with Crippen LogP contribution < -0.4 is 10.6 Å². The maximum absolute atomic E-state index is 13.1. The molecule has 3 heterocycles. The van der Waals surface area contributed by atoms with Crippen LogP contribution in [0.3, 0.4) is 0 Å². The fourth-order valence-electron chi connectivity index (χ4n) is 3.57. The summed E-state index contributed by atoms with van der Waals surface area (Å²) in [5, 5.41) is 7.63. The number of hydrogen-bond acceptors (Lipinski definition) is 7. The van der Waals surface area contributed by atoms with Crippen molar-refractivity contribution in [2.45, 2.75) is 5.16 Å². The van der Waals surface area contributed by atoms with E-state index in [-0.39, 0.29) is 5.91 Å². The molecular weight excluding hydrogens is 444 g/mol. The van der Waals surface area contributed by atoms with Crippen molar-refractivity contribution in [2.24, 2.45) is 0 Å². The Morgan fingerprint density at radius 2 is 1.76 bits per heavy atom. The van der Waals surface area contributed by atoms with E-state index in [9.17, 15) is 4.79 Å². The number of nitrogens with one attached hydrogen (secondary N) is 2. The van der Waals surface area contributed by atoms with E-state index in [1.165, 1.54) is 11.8 Å². The lowest BCUT2D eigenvalue weighted by atomic mass is 10.1. The highest BCUT2D eigenvalue weighted by molar-refractivity contribution is 7.98. The molecule has 0 atom stereocenters. The fourth-order valence-corrected chi connectivity index (χ4v) is 3.94. The molecule has 0 radical (unpaired) electrons. The molecule has 2 N–H and O–H groups in total. The van der Waals surface area contributed by atoms with Crippen LogP contribution in [0.15, 0.2) is 96.5 Å². The summed E-state index contributed by atoms with van der Waals surface area (Å²) >= 11 is 1.42. The lowest BCUT2D eigenvalue weighted by Gasteiger charge is -2.11. The first-order chi connectivity index (χ1) is 16.7. The van der Waals surface area contributed by atoms with E-state index in [0.29, 0.717) is 22.2 Å². The average molecular weight is 465 g/mol. The molecule has 0 aliphatic rings. The maximum Gasteiger partial charge on any atom is 0.257 e. The number of rotatable bonds is 6. The Balaban J connectivity index is 1.45. The molecule has 0 saturated carbocycles. The van der Waals surface area contributed by atoms with Crippen LogP contribution in [0, 0.1) is 0 Å². The Bertz CT molecular complexity index is 1470. The Hall–Kier alpha value is -4.30. The van der Waals surface area contributed by atoms with Crippen LogP contribution in [0.4, 0.5) is 17.2 Å². The topological polar surface area (TPSA) is 92.7 Å². The smallest absolute Gasteiger partial charge is 0.257 e. The predicted molar refractivity (Wildman–Crippen MR) is 136 cm³/mol. The molecule has 0 aliphatic carbocycles. The number of fused-ring (bicyclic) bond motifs is 1. The molecule has 2 aromatic carbocycles. The van der Waals surface area contributed by atoms with Gasteiger partial charge in [-0.3, -0.25) is 14.8 Å². The van der Waals surface area contributed by atoms with Gasteiger partial charge in [-0.05, 0) is 42.7 Å². The minimum Gasteiger partial charge on any atom is -0.354 e. The molecule has 34 heavy (non-hydrogen) atoms. The van der Waals surface area contributed by atoms with Crippen molar-refractivity contribution in [3.05, 3.63) is 97.0 Å². The van der Waals surface area contributed by atoms with E-state index in [4.69, 9.17) is 0 Å². The number of hydrogen-bond donors (Lipinski definition) is 2. The molecule has 0 spiro atoms. The summed E-state index contributed by atoms with van der Waals surface area (Å²) in [6, 6.07) is 22.8. The highest BCUT2D eigenvalue weighted by Gasteiger charge is 2.14. The van der Waals surface area contributed by atoms with Crippen LogP contribution >= 0.6 is 11.8 Å². The Kier molecular flexibility index (Phi) is 6.13. The summed E-state index contributed by atoms with van der Waals surface area (Å²) in [6.07, 6.45) is 7.04. The van der Waals surface area contributed by atoms with E-state index in [2.05, 4.69) is 30.6 Å². The summed E-state index contributed by atoms with van der Waals surface area (Å²) in [4.78, 5) is 30.7. The number of aromatic nitrogens is 4. The Labute approximate surface area is 200 Å². The Morgan fingerprint density at radius 3 is 2.62 bits per heavy atom. The normalized spacial score (nSPS) is 10.7. The second-order valence-corrected chi connectivity index (χ2v) is 8.18. The molecule has 0 saturated heterocycles. The van der Waals surface area contributed by atoms with Gasteiger partial charge in [0.05, 0.1) is 28.7 Å². The Morgan fingerprint density at radius 1 is 0.882 bits per heavy atom. The van der Waals surface area contributed by atoms with Gasteiger partial charge in [0.25, 0.3) is 5.91 Å². The standard InChI is InChI=1S/C26H20N6OS/c1-34-26-30-23(17-6-4-7-18(14-17)29-19-8-5-12-27-16-19)15-24(32-26)31-25(33)21-11-13-28-22-10-3-2-9-20(21)22/h2-16,29H,1H3,(H,30,31,32,33). The first-order valence-electron chi connectivity index (χ1n) is 10.6. The number of carbonyl (C=O) groups excluding carboxylic acids is 1. The molecule has 0 aliphatic heterocycles. The summed E-state index contributed by atoms with van der Waals surface area (Å²) < 4.78 is 0. The molecular formula is C26H20N6OS. The SMILES string of the molecule is CSc1nc(NC(=O)c2ccnc3ccccc23)cc(-c2cccc(Nc3cccnc3)c2)n1. The number of para-hydroxylation sites is 1. The van der Waals surface area contributed by atoms with Crippen molar-refractivity contribution < 1.29 is 4.79 Å². The third-order valence-corrected chi connectivity index (χ3v) is 5.68. The number of nitrogens with zero attached hydrogens (tertiary/aromatic N) is 4.